The molecule has 3 fully saturated rings. The molecule has 2 saturated carbocycles. The number of amides is 3. The summed E-state index contributed by atoms with van der Waals surface area (Å²) in [6, 6.07) is 11.8. The molecule has 0 spiro atoms. The first kappa shape index (κ1) is 19.6. The number of fused-ring (bicyclic) bond motifs is 5. The average Bonchev–Trinajstić information content (AvgIpc) is 3.47. The molecule has 31 heavy (non-hydrogen) atoms. The molecule has 5 rings (SSSR count). The summed E-state index contributed by atoms with van der Waals surface area (Å²) < 4.78 is 10.5. The van der Waals surface area contributed by atoms with Crippen LogP contribution in [0.25, 0.3) is 0 Å². The first-order valence-corrected chi connectivity index (χ1v) is 10.5. The van der Waals surface area contributed by atoms with Gasteiger partial charge in [-0.3, -0.25) is 19.3 Å². The Balaban J connectivity index is 1.41. The third-order valence-electron chi connectivity index (χ3n) is 6.95. The van der Waals surface area contributed by atoms with Gasteiger partial charge in [0, 0.05) is 11.6 Å². The van der Waals surface area contributed by atoms with Gasteiger partial charge >= 0.3 is 0 Å². The number of imide groups is 1. The van der Waals surface area contributed by atoms with Crippen molar-refractivity contribution in [3.05, 3.63) is 48.0 Å². The third-order valence-corrected chi connectivity index (χ3v) is 6.95. The molecular weight excluding hydrogens is 396 g/mol. The lowest BCUT2D eigenvalue weighted by atomic mass is 9.81. The fraction of sp³-hybridized carbons (Fsp3) is 0.375. The van der Waals surface area contributed by atoms with Crippen LogP contribution in [-0.2, 0) is 9.59 Å². The monoisotopic (exact) mass is 420 g/mol. The van der Waals surface area contributed by atoms with Crippen LogP contribution in [0.1, 0.15) is 29.6 Å². The maximum atomic E-state index is 13.1. The van der Waals surface area contributed by atoms with Crippen molar-refractivity contribution in [2.24, 2.45) is 23.7 Å². The highest BCUT2D eigenvalue weighted by molar-refractivity contribution is 6.23. The van der Waals surface area contributed by atoms with Crippen molar-refractivity contribution < 1.29 is 23.9 Å². The summed E-state index contributed by atoms with van der Waals surface area (Å²) in [6.45, 7) is 0. The van der Waals surface area contributed by atoms with Crippen LogP contribution in [0.4, 0.5) is 11.4 Å². The van der Waals surface area contributed by atoms with Crippen molar-refractivity contribution in [1.29, 1.82) is 0 Å². The van der Waals surface area contributed by atoms with E-state index in [1.54, 1.807) is 49.6 Å². The molecule has 1 N–H and O–H groups in total. The van der Waals surface area contributed by atoms with E-state index < -0.39 is 0 Å². The van der Waals surface area contributed by atoms with Crippen molar-refractivity contribution in [3.63, 3.8) is 0 Å². The van der Waals surface area contributed by atoms with Crippen LogP contribution in [0.15, 0.2) is 42.5 Å². The van der Waals surface area contributed by atoms with Crippen LogP contribution in [-0.4, -0.2) is 31.9 Å². The van der Waals surface area contributed by atoms with Gasteiger partial charge < -0.3 is 14.8 Å². The number of carbonyl (C=O) groups excluding carboxylic acids is 3. The standard InChI is InChI=1S/C24H24N2O5/c1-30-17-8-9-19(31-2)18(12-17)25-22(27)15-4-3-5-16(11-15)26-23(28)20-13-6-7-14(10-13)21(20)24(26)29/h3-5,8-9,11-14,20-21H,6-7,10H2,1-2H3,(H,25,27)/t13-,14+,20+,21-. The highest BCUT2D eigenvalue weighted by atomic mass is 16.5. The Morgan fingerprint density at radius 1 is 0.968 bits per heavy atom. The molecule has 2 bridgehead atoms. The average molecular weight is 420 g/mol. The topological polar surface area (TPSA) is 84.9 Å². The Morgan fingerprint density at radius 2 is 1.68 bits per heavy atom. The zero-order valence-corrected chi connectivity index (χ0v) is 17.5. The highest BCUT2D eigenvalue weighted by Crippen LogP contribution is 2.56. The largest absolute Gasteiger partial charge is 0.497 e. The number of carbonyl (C=O) groups is 3. The number of hydrogen-bond acceptors (Lipinski definition) is 5. The highest BCUT2D eigenvalue weighted by Gasteiger charge is 2.61. The van der Waals surface area contributed by atoms with E-state index in [4.69, 9.17) is 9.47 Å². The third kappa shape index (κ3) is 3.07. The van der Waals surface area contributed by atoms with Crippen LogP contribution >= 0.6 is 0 Å². The quantitative estimate of drug-likeness (QED) is 0.749. The Hall–Kier alpha value is -3.35. The summed E-state index contributed by atoms with van der Waals surface area (Å²) in [4.78, 5) is 40.4. The second-order valence-corrected chi connectivity index (χ2v) is 8.47. The summed E-state index contributed by atoms with van der Waals surface area (Å²) in [5, 5.41) is 2.82. The molecule has 0 unspecified atom stereocenters. The zero-order chi connectivity index (χ0) is 21.7. The lowest BCUT2D eigenvalue weighted by Crippen LogP contribution is -2.33. The molecule has 3 aliphatic rings. The van der Waals surface area contributed by atoms with E-state index in [0.29, 0.717) is 40.3 Å². The normalized spacial score (nSPS) is 26.2. The second-order valence-electron chi connectivity index (χ2n) is 8.47. The lowest BCUT2D eigenvalue weighted by molar-refractivity contribution is -0.123. The molecule has 1 aliphatic heterocycles. The summed E-state index contributed by atoms with van der Waals surface area (Å²) in [5.41, 5.74) is 1.27. The molecule has 1 heterocycles. The van der Waals surface area contributed by atoms with Crippen molar-refractivity contribution in [1.82, 2.24) is 0 Å². The smallest absolute Gasteiger partial charge is 0.255 e. The minimum absolute atomic E-state index is 0.116. The Bertz CT molecular complexity index is 1050. The minimum Gasteiger partial charge on any atom is -0.497 e. The second kappa shape index (κ2) is 7.41. The van der Waals surface area contributed by atoms with Gasteiger partial charge in [0.15, 0.2) is 0 Å². The van der Waals surface area contributed by atoms with Crippen molar-refractivity contribution in [3.8, 4) is 11.5 Å². The first-order valence-electron chi connectivity index (χ1n) is 10.5. The van der Waals surface area contributed by atoms with Gasteiger partial charge in [-0.2, -0.15) is 0 Å². The minimum atomic E-state index is -0.368. The maximum absolute atomic E-state index is 13.1. The Labute approximate surface area is 180 Å². The Morgan fingerprint density at radius 3 is 2.32 bits per heavy atom. The maximum Gasteiger partial charge on any atom is 0.255 e. The molecule has 7 nitrogen and oxygen atoms in total. The van der Waals surface area contributed by atoms with Gasteiger partial charge in [0.25, 0.3) is 5.91 Å². The summed E-state index contributed by atoms with van der Waals surface area (Å²) in [6.07, 6.45) is 3.05. The summed E-state index contributed by atoms with van der Waals surface area (Å²) in [7, 11) is 3.06. The van der Waals surface area contributed by atoms with Gasteiger partial charge in [-0.25, -0.2) is 0 Å². The molecular formula is C24H24N2O5. The zero-order valence-electron chi connectivity index (χ0n) is 17.5. The molecule has 2 aromatic carbocycles. The number of anilines is 2. The van der Waals surface area contributed by atoms with E-state index in [1.165, 1.54) is 12.0 Å². The predicted octanol–water partition coefficient (Wildman–Crippen LogP) is 3.49. The number of nitrogens with zero attached hydrogens (tertiary/aromatic N) is 1. The first-order chi connectivity index (χ1) is 15.0. The lowest BCUT2D eigenvalue weighted by Gasteiger charge is -2.19. The van der Waals surface area contributed by atoms with Gasteiger partial charge in [-0.05, 0) is 61.4 Å². The summed E-state index contributed by atoms with van der Waals surface area (Å²) in [5.74, 6) is 0.746. The van der Waals surface area contributed by atoms with Gasteiger partial charge in [0.1, 0.15) is 11.5 Å². The fourth-order valence-corrected chi connectivity index (χ4v) is 5.56. The van der Waals surface area contributed by atoms with Crippen molar-refractivity contribution in [2.75, 3.05) is 24.4 Å². The number of benzene rings is 2. The van der Waals surface area contributed by atoms with Crippen LogP contribution in [0.3, 0.4) is 0 Å². The molecule has 0 radical (unpaired) electrons. The van der Waals surface area contributed by atoms with E-state index in [1.807, 2.05) is 0 Å². The predicted molar refractivity (Wildman–Crippen MR) is 114 cm³/mol. The van der Waals surface area contributed by atoms with E-state index in [2.05, 4.69) is 5.32 Å². The van der Waals surface area contributed by atoms with E-state index in [-0.39, 0.29) is 29.6 Å². The molecule has 2 aromatic rings. The van der Waals surface area contributed by atoms with Gasteiger partial charge in [0.05, 0.1) is 37.4 Å². The Kier molecular flexibility index (Phi) is 4.68. The molecule has 3 amide bonds. The van der Waals surface area contributed by atoms with Gasteiger partial charge in [-0.1, -0.05) is 6.07 Å². The number of hydrogen-bond donors (Lipinski definition) is 1. The van der Waals surface area contributed by atoms with Gasteiger partial charge in [-0.15, -0.1) is 0 Å². The summed E-state index contributed by atoms with van der Waals surface area (Å²) >= 11 is 0. The molecule has 160 valence electrons. The SMILES string of the molecule is COc1ccc(OC)c(NC(=O)c2cccc(N3C(=O)[C@@H]4[C@H]5CC[C@H](C5)[C@@H]4C3=O)c2)c1. The van der Waals surface area contributed by atoms with Gasteiger partial charge in [0.2, 0.25) is 11.8 Å². The van der Waals surface area contributed by atoms with Crippen LogP contribution in [0, 0.1) is 23.7 Å². The van der Waals surface area contributed by atoms with Crippen LogP contribution < -0.4 is 19.7 Å². The van der Waals surface area contributed by atoms with Crippen molar-refractivity contribution >= 4 is 29.1 Å². The van der Waals surface area contributed by atoms with Crippen LogP contribution in [0.5, 0.6) is 11.5 Å². The number of nitrogens with one attached hydrogen (secondary N) is 1. The number of methoxy groups -OCH3 is 2. The van der Waals surface area contributed by atoms with Crippen LogP contribution in [0.2, 0.25) is 0 Å². The van der Waals surface area contributed by atoms with Crippen molar-refractivity contribution in [2.45, 2.75) is 19.3 Å². The molecule has 7 heteroatoms. The molecule has 2 aliphatic carbocycles. The number of ether oxygens (including phenoxy) is 2. The molecule has 1 saturated heterocycles. The van der Waals surface area contributed by atoms with E-state index in [9.17, 15) is 14.4 Å². The molecule has 4 atom stereocenters. The molecule has 0 aromatic heterocycles. The fourth-order valence-electron chi connectivity index (χ4n) is 5.56. The van der Waals surface area contributed by atoms with E-state index >= 15 is 0 Å². The number of rotatable bonds is 5. The van der Waals surface area contributed by atoms with E-state index in [0.717, 1.165) is 19.3 Å².